The lowest BCUT2D eigenvalue weighted by Crippen LogP contribution is -2.38. The van der Waals surface area contributed by atoms with Crippen LogP contribution in [-0.2, 0) is 4.79 Å². The van der Waals surface area contributed by atoms with E-state index in [-0.39, 0.29) is 5.91 Å². The maximum atomic E-state index is 12.5. The minimum absolute atomic E-state index is 0.134. The number of carbonyl (C=O) groups is 1. The van der Waals surface area contributed by atoms with Gasteiger partial charge in [-0.3, -0.25) is 4.79 Å². The summed E-state index contributed by atoms with van der Waals surface area (Å²) >= 11 is 0. The molecule has 1 saturated heterocycles. The van der Waals surface area contributed by atoms with E-state index in [2.05, 4.69) is 4.90 Å². The summed E-state index contributed by atoms with van der Waals surface area (Å²) in [6.07, 6.45) is 9.75. The largest absolute Gasteiger partial charge is 0.493 e. The minimum atomic E-state index is 0.134. The molecule has 3 rings (SSSR count). The molecule has 2 aliphatic rings. The number of rotatable bonds is 4. The summed E-state index contributed by atoms with van der Waals surface area (Å²) in [5, 5.41) is 0. The van der Waals surface area contributed by atoms with Gasteiger partial charge in [-0.1, -0.05) is 18.9 Å². The number of hydrogen-bond donors (Lipinski definition) is 0. The van der Waals surface area contributed by atoms with Gasteiger partial charge in [0.2, 0.25) is 5.91 Å². The molecule has 1 amide bonds. The van der Waals surface area contributed by atoms with Crippen LogP contribution in [0.4, 0.5) is 0 Å². The van der Waals surface area contributed by atoms with Gasteiger partial charge in [-0.15, -0.1) is 0 Å². The molecule has 1 heterocycles. The minimum Gasteiger partial charge on any atom is -0.493 e. The van der Waals surface area contributed by atoms with Crippen molar-refractivity contribution in [2.45, 2.75) is 38.1 Å². The van der Waals surface area contributed by atoms with Gasteiger partial charge in [0.25, 0.3) is 0 Å². The number of nitrogens with zero attached hydrogens (tertiary/aromatic N) is 1. The van der Waals surface area contributed by atoms with Gasteiger partial charge in [0.15, 0.2) is 11.5 Å². The summed E-state index contributed by atoms with van der Waals surface area (Å²) in [7, 11) is 3.23. The second kappa shape index (κ2) is 7.07. The van der Waals surface area contributed by atoms with E-state index in [1.807, 2.05) is 24.3 Å². The van der Waals surface area contributed by atoms with Gasteiger partial charge < -0.3 is 14.4 Å². The third-order valence-corrected chi connectivity index (χ3v) is 5.12. The Morgan fingerprint density at radius 2 is 1.91 bits per heavy atom. The Hall–Kier alpha value is -1.97. The number of likely N-dealkylation sites (tertiary alicyclic amines) is 1. The van der Waals surface area contributed by atoms with E-state index >= 15 is 0 Å². The summed E-state index contributed by atoms with van der Waals surface area (Å²) in [4.78, 5) is 14.6. The van der Waals surface area contributed by atoms with E-state index in [4.69, 9.17) is 9.47 Å². The van der Waals surface area contributed by atoms with Gasteiger partial charge in [-0.25, -0.2) is 0 Å². The first-order valence-electron chi connectivity index (χ1n) is 8.43. The standard InChI is InChI=1S/C19H25NO3/c1-22-17-9-7-14(13-18(17)23-2)8-10-19(21)20-12-11-15-5-3-4-6-16(15)20/h7-10,13,15-16H,3-6,11-12H2,1-2H3/b10-8+. The Bertz CT molecular complexity index is 596. The fourth-order valence-corrected chi connectivity index (χ4v) is 3.90. The molecular weight excluding hydrogens is 290 g/mol. The lowest BCUT2D eigenvalue weighted by molar-refractivity contribution is -0.127. The first-order valence-corrected chi connectivity index (χ1v) is 8.43. The number of carbonyl (C=O) groups excluding carboxylic acids is 1. The van der Waals surface area contributed by atoms with Gasteiger partial charge in [-0.05, 0) is 49.0 Å². The van der Waals surface area contributed by atoms with Crippen molar-refractivity contribution in [3.8, 4) is 11.5 Å². The van der Waals surface area contributed by atoms with Crippen LogP contribution in [0.15, 0.2) is 24.3 Å². The number of benzene rings is 1. The molecule has 0 N–H and O–H groups in total. The van der Waals surface area contributed by atoms with Gasteiger partial charge >= 0.3 is 0 Å². The van der Waals surface area contributed by atoms with Crippen molar-refractivity contribution in [2.75, 3.05) is 20.8 Å². The first-order chi connectivity index (χ1) is 11.2. The fourth-order valence-electron chi connectivity index (χ4n) is 3.90. The third-order valence-electron chi connectivity index (χ3n) is 5.12. The molecule has 4 nitrogen and oxygen atoms in total. The van der Waals surface area contributed by atoms with E-state index in [1.165, 1.54) is 32.1 Å². The molecule has 1 aromatic carbocycles. The van der Waals surface area contributed by atoms with Crippen LogP contribution in [0.1, 0.15) is 37.7 Å². The highest BCUT2D eigenvalue weighted by atomic mass is 16.5. The molecule has 1 aliphatic carbocycles. The molecule has 23 heavy (non-hydrogen) atoms. The third kappa shape index (κ3) is 3.36. The zero-order chi connectivity index (χ0) is 16.2. The van der Waals surface area contributed by atoms with Gasteiger partial charge in [0.1, 0.15) is 0 Å². The molecule has 1 aliphatic heterocycles. The highest BCUT2D eigenvalue weighted by Gasteiger charge is 2.37. The molecule has 2 atom stereocenters. The molecule has 4 heteroatoms. The Morgan fingerprint density at radius 3 is 2.70 bits per heavy atom. The molecule has 2 unspecified atom stereocenters. The number of amides is 1. The molecule has 1 aromatic rings. The summed E-state index contributed by atoms with van der Waals surface area (Å²) in [5.41, 5.74) is 0.940. The Morgan fingerprint density at radius 1 is 1.13 bits per heavy atom. The van der Waals surface area contributed by atoms with Crippen molar-refractivity contribution in [2.24, 2.45) is 5.92 Å². The molecule has 1 saturated carbocycles. The highest BCUT2D eigenvalue weighted by Crippen LogP contribution is 2.36. The van der Waals surface area contributed by atoms with Crippen LogP contribution >= 0.6 is 0 Å². The number of ether oxygens (including phenoxy) is 2. The predicted molar refractivity (Wildman–Crippen MR) is 90.7 cm³/mol. The molecule has 0 spiro atoms. The van der Waals surface area contributed by atoms with Crippen LogP contribution in [0.5, 0.6) is 11.5 Å². The maximum absolute atomic E-state index is 12.5. The molecule has 0 radical (unpaired) electrons. The summed E-state index contributed by atoms with van der Waals surface area (Å²) in [6.45, 7) is 0.907. The molecule has 2 fully saturated rings. The van der Waals surface area contributed by atoms with Crippen LogP contribution in [0.25, 0.3) is 6.08 Å². The average molecular weight is 315 g/mol. The number of fused-ring (bicyclic) bond motifs is 1. The SMILES string of the molecule is COc1ccc(/C=C/C(=O)N2CCC3CCCCC32)cc1OC. The van der Waals surface area contributed by atoms with Crippen molar-refractivity contribution in [1.29, 1.82) is 0 Å². The van der Waals surface area contributed by atoms with Crippen LogP contribution in [-0.4, -0.2) is 37.6 Å². The smallest absolute Gasteiger partial charge is 0.246 e. The lowest BCUT2D eigenvalue weighted by Gasteiger charge is -2.31. The van der Waals surface area contributed by atoms with Crippen LogP contribution in [0, 0.1) is 5.92 Å². The second-order valence-electron chi connectivity index (χ2n) is 6.38. The van der Waals surface area contributed by atoms with Crippen molar-refractivity contribution in [3.63, 3.8) is 0 Å². The van der Waals surface area contributed by atoms with Crippen molar-refractivity contribution >= 4 is 12.0 Å². The monoisotopic (exact) mass is 315 g/mol. The number of hydrogen-bond acceptors (Lipinski definition) is 3. The van der Waals surface area contributed by atoms with Crippen LogP contribution < -0.4 is 9.47 Å². The predicted octanol–water partition coefficient (Wildman–Crippen LogP) is 3.51. The summed E-state index contributed by atoms with van der Waals surface area (Å²) in [5.74, 6) is 2.23. The normalized spacial score (nSPS) is 23.8. The van der Waals surface area contributed by atoms with E-state index in [0.717, 1.165) is 18.0 Å². The van der Waals surface area contributed by atoms with Crippen LogP contribution in [0.2, 0.25) is 0 Å². The van der Waals surface area contributed by atoms with Crippen molar-refractivity contribution < 1.29 is 14.3 Å². The quantitative estimate of drug-likeness (QED) is 0.798. The Labute approximate surface area is 138 Å². The van der Waals surface area contributed by atoms with E-state index in [0.29, 0.717) is 17.5 Å². The zero-order valence-corrected chi connectivity index (χ0v) is 14.0. The number of methoxy groups -OCH3 is 2. The van der Waals surface area contributed by atoms with Gasteiger partial charge in [0, 0.05) is 18.7 Å². The zero-order valence-electron chi connectivity index (χ0n) is 14.0. The molecular formula is C19H25NO3. The van der Waals surface area contributed by atoms with E-state index < -0.39 is 0 Å². The van der Waals surface area contributed by atoms with Gasteiger partial charge in [-0.2, -0.15) is 0 Å². The Kier molecular flexibility index (Phi) is 4.89. The van der Waals surface area contributed by atoms with E-state index in [9.17, 15) is 4.79 Å². The second-order valence-corrected chi connectivity index (χ2v) is 6.38. The van der Waals surface area contributed by atoms with E-state index in [1.54, 1.807) is 20.3 Å². The summed E-state index contributed by atoms with van der Waals surface area (Å²) < 4.78 is 10.5. The Balaban J connectivity index is 1.69. The highest BCUT2D eigenvalue weighted by molar-refractivity contribution is 5.92. The van der Waals surface area contributed by atoms with Crippen molar-refractivity contribution in [3.05, 3.63) is 29.8 Å². The maximum Gasteiger partial charge on any atom is 0.246 e. The molecule has 0 aromatic heterocycles. The molecule has 124 valence electrons. The van der Waals surface area contributed by atoms with Gasteiger partial charge in [0.05, 0.1) is 14.2 Å². The summed E-state index contributed by atoms with van der Waals surface area (Å²) in [6, 6.07) is 6.14. The first kappa shape index (κ1) is 15.9. The average Bonchev–Trinajstić information content (AvgIpc) is 3.03. The van der Waals surface area contributed by atoms with Crippen LogP contribution in [0.3, 0.4) is 0 Å². The fraction of sp³-hybridized carbons (Fsp3) is 0.526. The lowest BCUT2D eigenvalue weighted by atomic mass is 9.85. The topological polar surface area (TPSA) is 38.8 Å². The molecule has 0 bridgehead atoms. The van der Waals surface area contributed by atoms with Crippen molar-refractivity contribution in [1.82, 2.24) is 4.90 Å².